The van der Waals surface area contributed by atoms with E-state index in [0.29, 0.717) is 5.84 Å². The van der Waals surface area contributed by atoms with Gasteiger partial charge in [0, 0.05) is 0 Å². The first-order chi connectivity index (χ1) is 6.68. The SMILES string of the molecule is CC1(C)NC(=NCC(=O)O)C(C)(C)N1O.Cl. The van der Waals surface area contributed by atoms with Crippen LogP contribution in [0.5, 0.6) is 0 Å². The van der Waals surface area contributed by atoms with E-state index >= 15 is 0 Å². The lowest BCUT2D eigenvalue weighted by Crippen LogP contribution is -2.49. The lowest BCUT2D eigenvalue weighted by molar-refractivity contribution is -0.188. The summed E-state index contributed by atoms with van der Waals surface area (Å²) in [5.41, 5.74) is -1.33. The lowest BCUT2D eigenvalue weighted by atomic mass is 10.1. The molecule has 0 unspecified atom stereocenters. The lowest BCUT2D eigenvalue weighted by Gasteiger charge is -2.31. The third-order valence-electron chi connectivity index (χ3n) is 2.44. The van der Waals surface area contributed by atoms with E-state index in [9.17, 15) is 10.0 Å². The van der Waals surface area contributed by atoms with E-state index in [1.54, 1.807) is 27.7 Å². The fourth-order valence-electron chi connectivity index (χ4n) is 1.67. The summed E-state index contributed by atoms with van der Waals surface area (Å²) in [5, 5.41) is 22.5. The quantitative estimate of drug-likeness (QED) is 0.673. The van der Waals surface area contributed by atoms with E-state index in [1.165, 1.54) is 0 Å². The number of nitrogens with one attached hydrogen (secondary N) is 1. The van der Waals surface area contributed by atoms with Crippen LogP contribution in [-0.2, 0) is 4.79 Å². The Bertz CT molecular complexity index is 315. The Hall–Kier alpha value is -0.850. The van der Waals surface area contributed by atoms with Crippen LogP contribution >= 0.6 is 12.4 Å². The molecule has 0 spiro atoms. The van der Waals surface area contributed by atoms with Crippen LogP contribution in [0.2, 0.25) is 0 Å². The summed E-state index contributed by atoms with van der Waals surface area (Å²) in [7, 11) is 0. The van der Waals surface area contributed by atoms with Gasteiger partial charge in [-0.1, -0.05) is 0 Å². The molecule has 0 aromatic heterocycles. The van der Waals surface area contributed by atoms with Crippen LogP contribution in [0.25, 0.3) is 0 Å². The number of carboxylic acid groups (broad SMARTS) is 1. The zero-order valence-corrected chi connectivity index (χ0v) is 10.6. The zero-order valence-electron chi connectivity index (χ0n) is 9.81. The van der Waals surface area contributed by atoms with Gasteiger partial charge >= 0.3 is 5.97 Å². The second-order valence-electron chi connectivity index (χ2n) is 4.61. The van der Waals surface area contributed by atoms with Crippen molar-refractivity contribution in [2.45, 2.75) is 38.9 Å². The predicted octanol–water partition coefficient (Wildman–Crippen LogP) is 0.700. The fraction of sp³-hybridized carbons (Fsp3) is 0.778. The number of hydrogen-bond acceptors (Lipinski definition) is 4. The number of carbonyl (C=O) groups is 1. The highest BCUT2D eigenvalue weighted by Crippen LogP contribution is 2.28. The Labute approximate surface area is 101 Å². The van der Waals surface area contributed by atoms with Crippen molar-refractivity contribution in [1.29, 1.82) is 0 Å². The highest BCUT2D eigenvalue weighted by molar-refractivity contribution is 5.94. The van der Waals surface area contributed by atoms with E-state index < -0.39 is 17.2 Å². The van der Waals surface area contributed by atoms with E-state index in [4.69, 9.17) is 5.11 Å². The molecule has 0 aromatic rings. The van der Waals surface area contributed by atoms with Crippen LogP contribution < -0.4 is 5.32 Å². The smallest absolute Gasteiger partial charge is 0.325 e. The van der Waals surface area contributed by atoms with Crippen molar-refractivity contribution >= 4 is 24.2 Å². The summed E-state index contributed by atoms with van der Waals surface area (Å²) in [4.78, 5) is 14.3. The van der Waals surface area contributed by atoms with Crippen LogP contribution in [0.15, 0.2) is 4.99 Å². The number of nitrogens with zero attached hydrogens (tertiary/aromatic N) is 2. The van der Waals surface area contributed by atoms with E-state index in [2.05, 4.69) is 10.3 Å². The van der Waals surface area contributed by atoms with Gasteiger partial charge in [0.15, 0.2) is 0 Å². The first-order valence-electron chi connectivity index (χ1n) is 4.72. The van der Waals surface area contributed by atoms with Crippen molar-refractivity contribution < 1.29 is 15.1 Å². The van der Waals surface area contributed by atoms with Gasteiger partial charge in [-0.2, -0.15) is 5.06 Å². The van der Waals surface area contributed by atoms with Crippen LogP contribution in [0, 0.1) is 0 Å². The highest BCUT2D eigenvalue weighted by Gasteiger charge is 2.48. The van der Waals surface area contributed by atoms with Crippen molar-refractivity contribution in [3.8, 4) is 0 Å². The molecule has 0 radical (unpaired) electrons. The molecule has 0 saturated carbocycles. The molecule has 1 heterocycles. The normalized spacial score (nSPS) is 24.9. The maximum absolute atomic E-state index is 10.4. The first-order valence-corrected chi connectivity index (χ1v) is 4.72. The summed E-state index contributed by atoms with van der Waals surface area (Å²) < 4.78 is 0. The molecule has 94 valence electrons. The van der Waals surface area contributed by atoms with Gasteiger partial charge in [0.1, 0.15) is 18.0 Å². The third kappa shape index (κ3) is 2.63. The van der Waals surface area contributed by atoms with Crippen LogP contribution in [0.4, 0.5) is 0 Å². The average Bonchev–Trinajstić information content (AvgIpc) is 2.23. The largest absolute Gasteiger partial charge is 0.480 e. The van der Waals surface area contributed by atoms with Gasteiger partial charge in [0.25, 0.3) is 0 Å². The first kappa shape index (κ1) is 15.2. The fourth-order valence-corrected chi connectivity index (χ4v) is 1.67. The number of carboxylic acids is 1. The molecule has 1 aliphatic heterocycles. The van der Waals surface area contributed by atoms with Gasteiger partial charge in [0.2, 0.25) is 0 Å². The maximum atomic E-state index is 10.4. The topological polar surface area (TPSA) is 85.2 Å². The zero-order chi connectivity index (χ0) is 11.9. The molecule has 1 aliphatic rings. The average molecular weight is 252 g/mol. The molecule has 1 rings (SSSR count). The van der Waals surface area contributed by atoms with Crippen LogP contribution in [-0.4, -0.2) is 44.9 Å². The summed E-state index contributed by atoms with van der Waals surface area (Å²) >= 11 is 0. The molecular weight excluding hydrogens is 234 g/mol. The molecule has 0 amide bonds. The molecule has 0 atom stereocenters. The number of hydrogen-bond donors (Lipinski definition) is 3. The van der Waals surface area contributed by atoms with Gasteiger partial charge in [-0.3, -0.25) is 9.79 Å². The number of hydroxylamine groups is 2. The van der Waals surface area contributed by atoms with Gasteiger partial charge in [-0.15, -0.1) is 12.4 Å². The Morgan fingerprint density at radius 3 is 2.25 bits per heavy atom. The molecule has 6 nitrogen and oxygen atoms in total. The van der Waals surface area contributed by atoms with Crippen molar-refractivity contribution in [2.24, 2.45) is 4.99 Å². The van der Waals surface area contributed by atoms with Crippen molar-refractivity contribution in [3.05, 3.63) is 0 Å². The van der Waals surface area contributed by atoms with E-state index in [-0.39, 0.29) is 19.0 Å². The molecule has 16 heavy (non-hydrogen) atoms. The number of rotatable bonds is 2. The summed E-state index contributed by atoms with van der Waals surface area (Å²) in [6.07, 6.45) is 0. The van der Waals surface area contributed by atoms with Gasteiger partial charge in [-0.05, 0) is 27.7 Å². The van der Waals surface area contributed by atoms with Gasteiger partial charge in [-0.25, -0.2) is 0 Å². The molecule has 3 N–H and O–H groups in total. The number of aliphatic imine (C=N–C) groups is 1. The van der Waals surface area contributed by atoms with Crippen LogP contribution in [0.3, 0.4) is 0 Å². The van der Waals surface area contributed by atoms with Crippen molar-refractivity contribution in [3.63, 3.8) is 0 Å². The minimum absolute atomic E-state index is 0. The second-order valence-corrected chi connectivity index (χ2v) is 4.61. The van der Waals surface area contributed by atoms with Crippen LogP contribution in [0.1, 0.15) is 27.7 Å². The van der Waals surface area contributed by atoms with Crippen molar-refractivity contribution in [2.75, 3.05) is 6.54 Å². The molecule has 0 aromatic carbocycles. The Balaban J connectivity index is 0.00000225. The highest BCUT2D eigenvalue weighted by atomic mass is 35.5. The number of halogens is 1. The van der Waals surface area contributed by atoms with Crippen molar-refractivity contribution in [1.82, 2.24) is 10.4 Å². The number of aliphatic carboxylic acids is 1. The molecule has 7 heteroatoms. The predicted molar refractivity (Wildman–Crippen MR) is 62.1 cm³/mol. The number of amidine groups is 1. The minimum Gasteiger partial charge on any atom is -0.480 e. The molecule has 1 saturated heterocycles. The summed E-state index contributed by atoms with van der Waals surface area (Å²) in [5.74, 6) is -0.508. The molecule has 0 bridgehead atoms. The maximum Gasteiger partial charge on any atom is 0.325 e. The Kier molecular flexibility index (Phi) is 4.32. The minimum atomic E-state index is -0.991. The molecule has 0 aliphatic carbocycles. The third-order valence-corrected chi connectivity index (χ3v) is 2.44. The Morgan fingerprint density at radius 2 is 1.94 bits per heavy atom. The monoisotopic (exact) mass is 251 g/mol. The summed E-state index contributed by atoms with van der Waals surface area (Å²) in [6, 6.07) is 0. The molecular formula is C9H18ClN3O3. The standard InChI is InChI=1S/C9H17N3O3.ClH/c1-8(2)7(10-5-6(13)14)11-9(3,4)12(8)15;/h15H,5H2,1-4H3,(H,10,11)(H,13,14);1H. The van der Waals surface area contributed by atoms with E-state index in [0.717, 1.165) is 5.06 Å². The Morgan fingerprint density at radius 1 is 1.44 bits per heavy atom. The van der Waals surface area contributed by atoms with Gasteiger partial charge in [0.05, 0.1) is 5.54 Å². The summed E-state index contributed by atoms with van der Waals surface area (Å²) in [6.45, 7) is 6.83. The second kappa shape index (κ2) is 4.57. The molecule has 1 fully saturated rings. The van der Waals surface area contributed by atoms with Gasteiger partial charge < -0.3 is 15.6 Å². The van der Waals surface area contributed by atoms with E-state index in [1.807, 2.05) is 0 Å².